The molecule has 1 amide bonds. The topological polar surface area (TPSA) is 92.3 Å². The molecule has 0 heterocycles. The minimum absolute atomic E-state index is 0.00329. The largest absolute Gasteiger partial charge is 0.325 e. The Morgan fingerprint density at radius 3 is 2.15 bits per heavy atom. The maximum atomic E-state index is 13.0. The molecule has 0 fully saturated rings. The van der Waals surface area contributed by atoms with Gasteiger partial charge in [-0.3, -0.25) is 14.3 Å². The number of carbonyl (C=O) groups excluding carboxylic acids is 2. The predicted molar refractivity (Wildman–Crippen MR) is 138 cm³/mol. The van der Waals surface area contributed by atoms with Crippen molar-refractivity contribution in [3.63, 3.8) is 0 Å². The van der Waals surface area contributed by atoms with Crippen molar-refractivity contribution in [1.29, 1.82) is 0 Å². The zero-order chi connectivity index (χ0) is 25.1. The van der Waals surface area contributed by atoms with Gasteiger partial charge in [0.2, 0.25) is 5.91 Å². The second-order valence-corrected chi connectivity index (χ2v) is 11.4. The van der Waals surface area contributed by atoms with Crippen molar-refractivity contribution in [2.24, 2.45) is 0 Å². The van der Waals surface area contributed by atoms with E-state index in [1.807, 2.05) is 18.4 Å². The van der Waals surface area contributed by atoms with Crippen LogP contribution in [0.3, 0.4) is 0 Å². The number of anilines is 2. The third kappa shape index (κ3) is 6.07. The normalized spacial score (nSPS) is 11.7. The smallest absolute Gasteiger partial charge is 0.261 e. The summed E-state index contributed by atoms with van der Waals surface area (Å²) >= 11 is 1.40. The van der Waals surface area contributed by atoms with E-state index >= 15 is 0 Å². The van der Waals surface area contributed by atoms with Crippen molar-refractivity contribution >= 4 is 44.9 Å². The van der Waals surface area contributed by atoms with Crippen LogP contribution >= 0.6 is 11.8 Å². The quantitative estimate of drug-likeness (QED) is 0.324. The molecule has 0 unspecified atom stereocenters. The highest BCUT2D eigenvalue weighted by molar-refractivity contribution is 7.98. The molecule has 0 aliphatic carbocycles. The number of amides is 1. The number of hydrogen-bond donors (Lipinski definition) is 2. The molecule has 3 rings (SSSR count). The van der Waals surface area contributed by atoms with E-state index in [0.29, 0.717) is 16.8 Å². The molecule has 2 N–H and O–H groups in total. The van der Waals surface area contributed by atoms with E-state index < -0.39 is 10.0 Å². The number of thioether (sulfide) groups is 1. The summed E-state index contributed by atoms with van der Waals surface area (Å²) in [5, 5.41) is 2.66. The summed E-state index contributed by atoms with van der Waals surface area (Å²) in [5.74, 6) is -0.488. The minimum Gasteiger partial charge on any atom is -0.325 e. The Morgan fingerprint density at radius 1 is 0.882 bits per heavy atom. The van der Waals surface area contributed by atoms with Gasteiger partial charge in [-0.1, -0.05) is 57.2 Å². The van der Waals surface area contributed by atoms with Crippen LogP contribution in [0.4, 0.5) is 11.4 Å². The zero-order valence-corrected chi connectivity index (χ0v) is 21.4. The Labute approximate surface area is 205 Å². The monoisotopic (exact) mass is 496 g/mol. The van der Waals surface area contributed by atoms with Crippen molar-refractivity contribution in [3.8, 4) is 0 Å². The third-order valence-corrected chi connectivity index (χ3v) is 7.36. The lowest BCUT2D eigenvalue weighted by Gasteiger charge is -2.19. The first-order valence-electron chi connectivity index (χ1n) is 10.6. The second-order valence-electron chi connectivity index (χ2n) is 8.89. The van der Waals surface area contributed by atoms with E-state index in [1.54, 1.807) is 36.4 Å². The van der Waals surface area contributed by atoms with Crippen LogP contribution in [0.15, 0.2) is 76.5 Å². The van der Waals surface area contributed by atoms with Crippen molar-refractivity contribution in [1.82, 2.24) is 0 Å². The van der Waals surface area contributed by atoms with Gasteiger partial charge in [-0.2, -0.15) is 0 Å². The molecule has 0 saturated carbocycles. The average molecular weight is 497 g/mol. The maximum absolute atomic E-state index is 13.0. The summed E-state index contributed by atoms with van der Waals surface area (Å²) < 4.78 is 28.5. The van der Waals surface area contributed by atoms with Gasteiger partial charge in [0.15, 0.2) is 5.78 Å². The van der Waals surface area contributed by atoms with Gasteiger partial charge in [0.05, 0.1) is 10.6 Å². The molecule has 34 heavy (non-hydrogen) atoms. The van der Waals surface area contributed by atoms with Crippen LogP contribution < -0.4 is 10.0 Å². The van der Waals surface area contributed by atoms with Crippen LogP contribution in [0.5, 0.6) is 0 Å². The van der Waals surface area contributed by atoms with Crippen molar-refractivity contribution in [3.05, 3.63) is 83.4 Å². The van der Waals surface area contributed by atoms with Crippen LogP contribution in [0, 0.1) is 0 Å². The lowest BCUT2D eigenvalue weighted by Crippen LogP contribution is -2.15. The van der Waals surface area contributed by atoms with Crippen molar-refractivity contribution in [2.45, 2.75) is 42.9 Å². The number of ketones is 1. The van der Waals surface area contributed by atoms with Crippen LogP contribution in [0.25, 0.3) is 0 Å². The third-order valence-electron chi connectivity index (χ3n) is 5.18. The van der Waals surface area contributed by atoms with Gasteiger partial charge < -0.3 is 5.32 Å². The minimum atomic E-state index is -3.95. The summed E-state index contributed by atoms with van der Waals surface area (Å²) in [7, 11) is -3.95. The first-order valence-corrected chi connectivity index (χ1v) is 13.4. The zero-order valence-electron chi connectivity index (χ0n) is 19.8. The molecule has 0 aliphatic heterocycles. The molecular formula is C26H28N2O4S2. The molecule has 0 radical (unpaired) electrons. The number of sulfonamides is 1. The summed E-state index contributed by atoms with van der Waals surface area (Å²) in [6.45, 7) is 7.68. The maximum Gasteiger partial charge on any atom is 0.261 e. The Hall–Kier alpha value is -3.10. The van der Waals surface area contributed by atoms with Gasteiger partial charge >= 0.3 is 0 Å². The molecule has 0 saturated heterocycles. The molecule has 3 aromatic carbocycles. The Kier molecular flexibility index (Phi) is 7.53. The molecular weight excluding hydrogens is 468 g/mol. The van der Waals surface area contributed by atoms with Gasteiger partial charge in [-0.25, -0.2) is 8.42 Å². The highest BCUT2D eigenvalue weighted by Crippen LogP contribution is 2.29. The molecule has 0 aliphatic rings. The molecule has 0 spiro atoms. The van der Waals surface area contributed by atoms with Crippen LogP contribution in [0.1, 0.15) is 49.2 Å². The Balaban J connectivity index is 1.86. The van der Waals surface area contributed by atoms with Crippen LogP contribution in [-0.2, 0) is 20.2 Å². The van der Waals surface area contributed by atoms with Crippen molar-refractivity contribution in [2.75, 3.05) is 16.3 Å². The lowest BCUT2D eigenvalue weighted by atomic mass is 9.86. The van der Waals surface area contributed by atoms with E-state index in [9.17, 15) is 18.0 Å². The van der Waals surface area contributed by atoms with E-state index in [-0.39, 0.29) is 27.7 Å². The molecule has 0 aromatic heterocycles. The van der Waals surface area contributed by atoms with Gasteiger partial charge in [-0.15, -0.1) is 11.8 Å². The second kappa shape index (κ2) is 10.0. The summed E-state index contributed by atoms with van der Waals surface area (Å²) in [4.78, 5) is 25.2. The predicted octanol–water partition coefficient (Wildman–Crippen LogP) is 5.70. The summed E-state index contributed by atoms with van der Waals surface area (Å²) in [6.07, 6.45) is 1.84. The highest BCUT2D eigenvalue weighted by Gasteiger charge is 2.19. The van der Waals surface area contributed by atoms with Crippen molar-refractivity contribution < 1.29 is 18.0 Å². The molecule has 6 nitrogen and oxygen atoms in total. The van der Waals surface area contributed by atoms with E-state index in [2.05, 4.69) is 30.8 Å². The summed E-state index contributed by atoms with van der Waals surface area (Å²) in [5.41, 5.74) is 2.70. The number of nitrogens with one attached hydrogen (secondary N) is 2. The Morgan fingerprint density at radius 2 is 1.56 bits per heavy atom. The molecule has 3 aromatic rings. The fraction of sp³-hybridized carbons (Fsp3) is 0.231. The summed E-state index contributed by atoms with van der Waals surface area (Å²) in [6, 6.07) is 18.4. The number of rotatable bonds is 7. The molecule has 178 valence electrons. The fourth-order valence-electron chi connectivity index (χ4n) is 3.37. The first-order chi connectivity index (χ1) is 15.9. The lowest BCUT2D eigenvalue weighted by molar-refractivity contribution is -0.114. The van der Waals surface area contributed by atoms with Gasteiger partial charge in [0.1, 0.15) is 0 Å². The number of hydrogen-bond acceptors (Lipinski definition) is 5. The molecule has 0 atom stereocenters. The van der Waals surface area contributed by atoms with E-state index in [1.165, 1.54) is 36.9 Å². The number of carbonyl (C=O) groups is 2. The fourth-order valence-corrected chi connectivity index (χ4v) is 4.98. The highest BCUT2D eigenvalue weighted by atomic mass is 32.2. The standard InChI is InChI=1S/C26H28N2O4S2/c1-17(29)27-23-16-22(13-14-24(23)33-5)34(31,32)28-21-8-6-7-19(15-21)25(30)18-9-11-20(12-10-18)26(2,3)4/h6-16,28H,1-5H3,(H,27,29). The molecule has 0 bridgehead atoms. The van der Waals surface area contributed by atoms with Gasteiger partial charge in [0, 0.05) is 28.6 Å². The van der Waals surface area contributed by atoms with Crippen LogP contribution in [0.2, 0.25) is 0 Å². The van der Waals surface area contributed by atoms with Gasteiger partial charge in [0.25, 0.3) is 10.0 Å². The first kappa shape index (κ1) is 25.5. The van der Waals surface area contributed by atoms with Crippen LogP contribution in [-0.4, -0.2) is 26.4 Å². The average Bonchev–Trinajstić information content (AvgIpc) is 2.77. The van der Waals surface area contributed by atoms with E-state index in [4.69, 9.17) is 0 Å². The molecule has 8 heteroatoms. The Bertz CT molecular complexity index is 1330. The number of benzene rings is 3. The van der Waals surface area contributed by atoms with Gasteiger partial charge in [-0.05, 0) is 47.6 Å². The SMILES string of the molecule is CSc1ccc(S(=O)(=O)Nc2cccc(C(=O)c3ccc(C(C)(C)C)cc3)c2)cc1NC(C)=O. The van der Waals surface area contributed by atoms with E-state index in [0.717, 1.165) is 10.5 Å².